The third-order valence-corrected chi connectivity index (χ3v) is 8.55. The zero-order chi connectivity index (χ0) is 28.7. The van der Waals surface area contributed by atoms with Crippen molar-refractivity contribution in [3.05, 3.63) is 79.9 Å². The van der Waals surface area contributed by atoms with E-state index in [2.05, 4.69) is 0 Å². The minimum atomic E-state index is -1.08. The molecular weight excluding hydrogens is 535 g/mol. The van der Waals surface area contributed by atoms with Crippen LogP contribution in [0.25, 0.3) is 6.08 Å². The van der Waals surface area contributed by atoms with Gasteiger partial charge in [-0.15, -0.1) is 0 Å². The summed E-state index contributed by atoms with van der Waals surface area (Å²) in [4.78, 5) is 39.2. The number of nitro benzene ring substituents is 1. The molecule has 2 fully saturated rings. The molecule has 2 aliphatic heterocycles. The minimum Gasteiger partial charge on any atom is -0.508 e. The van der Waals surface area contributed by atoms with Gasteiger partial charge in [0, 0.05) is 12.1 Å². The van der Waals surface area contributed by atoms with Gasteiger partial charge >= 0.3 is 7.12 Å². The highest BCUT2D eigenvalue weighted by atomic mass is 35.5. The van der Waals surface area contributed by atoms with Crippen LogP contribution >= 0.6 is 11.6 Å². The first-order chi connectivity index (χ1) is 19.1. The molecule has 5 rings (SSSR count). The average Bonchev–Trinajstić information content (AvgIpc) is 3.17. The Bertz CT molecular complexity index is 1440. The second-order valence-electron chi connectivity index (χ2n) is 10.7. The molecule has 2 aromatic rings. The lowest BCUT2D eigenvalue weighted by atomic mass is 9.58. The maximum Gasteiger partial charge on any atom is 0.455 e. The lowest BCUT2D eigenvalue weighted by Gasteiger charge is -2.43. The van der Waals surface area contributed by atoms with E-state index in [-0.39, 0.29) is 41.2 Å². The smallest absolute Gasteiger partial charge is 0.455 e. The Morgan fingerprint density at radius 2 is 2.00 bits per heavy atom. The van der Waals surface area contributed by atoms with Gasteiger partial charge in [-0.25, -0.2) is 4.90 Å². The molecule has 0 spiro atoms. The number of carbonyl (C=O) groups is 2. The number of halogens is 1. The summed E-state index contributed by atoms with van der Waals surface area (Å²) in [7, 11) is -1.08. The van der Waals surface area contributed by atoms with Crippen molar-refractivity contribution in [2.75, 3.05) is 4.90 Å². The number of hydrogen-bond acceptors (Lipinski definition) is 7. The molecular formula is C29H30BClN2O7. The highest BCUT2D eigenvalue weighted by Crippen LogP contribution is 2.52. The molecule has 208 valence electrons. The van der Waals surface area contributed by atoms with Gasteiger partial charge in [-0.05, 0) is 80.2 Å². The molecule has 40 heavy (non-hydrogen) atoms. The van der Waals surface area contributed by atoms with Gasteiger partial charge in [0.05, 0.1) is 33.6 Å². The van der Waals surface area contributed by atoms with E-state index in [1.807, 2.05) is 19.9 Å². The monoisotopic (exact) mass is 564 g/mol. The molecule has 0 aromatic heterocycles. The van der Waals surface area contributed by atoms with Gasteiger partial charge in [0.25, 0.3) is 5.69 Å². The number of allylic oxidation sites excluding steroid dienone is 2. The second-order valence-corrected chi connectivity index (χ2v) is 11.1. The number of anilines is 1. The van der Waals surface area contributed by atoms with Crippen LogP contribution in [-0.4, -0.2) is 40.1 Å². The normalized spacial score (nSPS) is 24.9. The number of rotatable bonds is 7. The average molecular weight is 565 g/mol. The van der Waals surface area contributed by atoms with Crippen LogP contribution < -0.4 is 4.90 Å². The summed E-state index contributed by atoms with van der Waals surface area (Å²) >= 11 is 6.26. The van der Waals surface area contributed by atoms with Crippen LogP contribution in [0, 0.1) is 27.9 Å². The van der Waals surface area contributed by atoms with Crippen molar-refractivity contribution in [2.45, 2.75) is 52.0 Å². The third-order valence-electron chi connectivity index (χ3n) is 8.22. The zero-order valence-corrected chi connectivity index (χ0v) is 23.0. The van der Waals surface area contributed by atoms with E-state index >= 15 is 0 Å². The van der Waals surface area contributed by atoms with E-state index in [1.54, 1.807) is 12.1 Å². The highest BCUT2D eigenvalue weighted by Gasteiger charge is 2.57. The number of phenols is 1. The van der Waals surface area contributed by atoms with Crippen molar-refractivity contribution in [3.63, 3.8) is 0 Å². The molecule has 3 aliphatic rings. The van der Waals surface area contributed by atoms with Crippen LogP contribution in [0.1, 0.15) is 45.1 Å². The summed E-state index contributed by atoms with van der Waals surface area (Å²) in [5, 5.41) is 32.1. The fourth-order valence-electron chi connectivity index (χ4n) is 6.43. The van der Waals surface area contributed by atoms with Gasteiger partial charge in [-0.1, -0.05) is 41.8 Å². The van der Waals surface area contributed by atoms with Crippen LogP contribution in [0.4, 0.5) is 11.4 Å². The number of non-ortho nitro benzene ring substituents is 1. The number of amides is 2. The number of imide groups is 1. The van der Waals surface area contributed by atoms with Crippen LogP contribution in [0.15, 0.2) is 59.2 Å². The maximum atomic E-state index is 13.8. The lowest BCUT2D eigenvalue weighted by Crippen LogP contribution is -2.46. The van der Waals surface area contributed by atoms with Crippen LogP contribution in [0.3, 0.4) is 0 Å². The fourth-order valence-corrected chi connectivity index (χ4v) is 6.66. The Kier molecular flexibility index (Phi) is 7.86. The number of fused-ring (bicyclic) bond motifs is 3. The number of hydrogen-bond donors (Lipinski definition) is 2. The first kappa shape index (κ1) is 28.1. The molecule has 1 aliphatic carbocycles. The Morgan fingerprint density at radius 1 is 1.23 bits per heavy atom. The molecule has 4 atom stereocenters. The van der Waals surface area contributed by atoms with Crippen molar-refractivity contribution >= 4 is 48.0 Å². The van der Waals surface area contributed by atoms with Crippen LogP contribution in [0.2, 0.25) is 11.3 Å². The molecule has 2 heterocycles. The van der Waals surface area contributed by atoms with E-state index in [1.165, 1.54) is 30.3 Å². The zero-order valence-electron chi connectivity index (χ0n) is 22.2. The minimum absolute atomic E-state index is 0.0917. The molecule has 2 amide bonds. The number of carbonyl (C=O) groups excluding carboxylic acids is 2. The maximum absolute atomic E-state index is 13.8. The summed E-state index contributed by atoms with van der Waals surface area (Å²) in [5.74, 6) is -2.26. The number of nitro groups is 1. The topological polar surface area (TPSA) is 130 Å². The summed E-state index contributed by atoms with van der Waals surface area (Å²) < 4.78 is 6.02. The largest absolute Gasteiger partial charge is 0.508 e. The Hall–Kier alpha value is -3.47. The molecule has 11 heteroatoms. The number of aromatic hydroxyl groups is 1. The van der Waals surface area contributed by atoms with E-state index in [9.17, 15) is 29.8 Å². The van der Waals surface area contributed by atoms with E-state index in [4.69, 9.17) is 16.3 Å². The molecule has 0 saturated carbocycles. The number of nitrogens with zero attached hydrogens (tertiary/aromatic N) is 2. The molecule has 2 aromatic carbocycles. The van der Waals surface area contributed by atoms with Gasteiger partial charge in [-0.3, -0.25) is 19.7 Å². The van der Waals surface area contributed by atoms with Crippen molar-refractivity contribution in [1.29, 1.82) is 0 Å². The van der Waals surface area contributed by atoms with Crippen molar-refractivity contribution in [3.8, 4) is 5.75 Å². The summed E-state index contributed by atoms with van der Waals surface area (Å²) in [6.07, 6.45) is 4.04. The predicted molar refractivity (Wildman–Crippen MR) is 152 cm³/mol. The van der Waals surface area contributed by atoms with Gasteiger partial charge in [-0.2, -0.15) is 0 Å². The summed E-state index contributed by atoms with van der Waals surface area (Å²) in [6, 6.07) is 10.4. The van der Waals surface area contributed by atoms with Crippen molar-refractivity contribution in [2.24, 2.45) is 17.8 Å². The quantitative estimate of drug-likeness (QED) is 0.148. The number of phenolic OH excluding ortho intramolecular Hbond substituents is 1. The SMILES string of the molecule is CCC1=C2[C@@H](CC/C(C)=C/c3ccc(O)cc3Cl)OB(O)C[C@@H]2[C@@H]2C(=O)N(c3cccc([N+](=O)[O-])c3)C(=O)[C@@H]2C1. The van der Waals surface area contributed by atoms with Crippen LogP contribution in [0.5, 0.6) is 5.75 Å². The van der Waals surface area contributed by atoms with E-state index in [0.717, 1.165) is 27.2 Å². The van der Waals surface area contributed by atoms with Gasteiger partial charge in [0.1, 0.15) is 5.75 Å². The van der Waals surface area contributed by atoms with Crippen molar-refractivity contribution in [1.82, 2.24) is 0 Å². The first-order valence-corrected chi connectivity index (χ1v) is 13.8. The molecule has 0 radical (unpaired) electrons. The fraction of sp³-hybridized carbons (Fsp3) is 0.379. The van der Waals surface area contributed by atoms with Crippen molar-refractivity contribution < 1.29 is 29.3 Å². The Balaban J connectivity index is 1.41. The Morgan fingerprint density at radius 3 is 2.70 bits per heavy atom. The molecule has 0 bridgehead atoms. The standard InChI is InChI=1S/C29H30BClN2O7/c1-3-17-12-22-27(29(36)32(28(22)35)19-5-4-6-20(13-19)33(38)39)23-15-30(37)40-25(26(17)23)10-7-16(2)11-18-8-9-21(34)14-24(18)31/h4-6,8-9,11,13-14,22-23,25,27,34,37H,3,7,10,12,15H2,1-2H3/b16-11+/t22-,23+,25-,27-/m1/s1. The molecule has 9 nitrogen and oxygen atoms in total. The van der Waals surface area contributed by atoms with E-state index < -0.39 is 30.0 Å². The predicted octanol–water partition coefficient (Wildman–Crippen LogP) is 5.55. The van der Waals surface area contributed by atoms with Gasteiger partial charge in [0.15, 0.2) is 0 Å². The Labute approximate surface area is 237 Å². The first-order valence-electron chi connectivity index (χ1n) is 13.4. The second kappa shape index (κ2) is 11.2. The molecule has 0 unspecified atom stereocenters. The number of benzene rings is 2. The van der Waals surface area contributed by atoms with E-state index in [0.29, 0.717) is 30.7 Å². The van der Waals surface area contributed by atoms with Gasteiger partial charge in [0.2, 0.25) is 11.8 Å². The lowest BCUT2D eigenvalue weighted by molar-refractivity contribution is -0.384. The summed E-state index contributed by atoms with van der Waals surface area (Å²) in [6.45, 7) is 3.99. The summed E-state index contributed by atoms with van der Waals surface area (Å²) in [5.41, 5.74) is 3.87. The molecule has 2 N–H and O–H groups in total. The molecule has 2 saturated heterocycles. The third kappa shape index (κ3) is 5.19. The van der Waals surface area contributed by atoms with Gasteiger partial charge < -0.3 is 14.8 Å². The highest BCUT2D eigenvalue weighted by molar-refractivity contribution is 6.43. The van der Waals surface area contributed by atoms with Crippen LogP contribution in [-0.2, 0) is 14.2 Å².